The third-order valence-corrected chi connectivity index (χ3v) is 3.25. The summed E-state index contributed by atoms with van der Waals surface area (Å²) >= 11 is 1.97. The first kappa shape index (κ1) is 12.6. The number of rotatable bonds is 4. The first-order chi connectivity index (χ1) is 7.06. The zero-order valence-corrected chi connectivity index (χ0v) is 10.9. The third kappa shape index (κ3) is 3.25. The van der Waals surface area contributed by atoms with E-state index in [4.69, 9.17) is 0 Å². The van der Waals surface area contributed by atoms with E-state index in [1.165, 1.54) is 10.9 Å². The van der Waals surface area contributed by atoms with Gasteiger partial charge in [-0.15, -0.1) is 0 Å². The third-order valence-electron chi connectivity index (χ3n) is 2.00. The molecule has 5 nitrogen and oxygen atoms in total. The van der Waals surface area contributed by atoms with Gasteiger partial charge in [-0.05, 0) is 36.6 Å². The molecule has 15 heavy (non-hydrogen) atoms. The highest BCUT2D eigenvalue weighted by Gasteiger charge is 2.09. The maximum absolute atomic E-state index is 11.7. The summed E-state index contributed by atoms with van der Waals surface area (Å²) in [6.07, 6.45) is 0.895. The second kappa shape index (κ2) is 5.57. The average Bonchev–Trinajstić information content (AvgIpc) is 2.20. The molecule has 0 saturated carbocycles. The summed E-state index contributed by atoms with van der Waals surface area (Å²) in [5, 5.41) is 12.4. The topological polar surface area (TPSA) is 67.2 Å². The number of aliphatic hydroxyl groups is 1. The zero-order chi connectivity index (χ0) is 11.4. The highest BCUT2D eigenvalue weighted by molar-refractivity contribution is 14.1. The molecule has 0 bridgehead atoms. The van der Waals surface area contributed by atoms with Crippen LogP contribution in [0.3, 0.4) is 0 Å². The van der Waals surface area contributed by atoms with E-state index in [-0.39, 0.29) is 12.1 Å². The van der Waals surface area contributed by atoms with E-state index < -0.39 is 6.10 Å². The van der Waals surface area contributed by atoms with Crippen molar-refractivity contribution in [1.82, 2.24) is 14.9 Å². The fourth-order valence-electron chi connectivity index (χ4n) is 1.20. The van der Waals surface area contributed by atoms with E-state index in [0.29, 0.717) is 10.1 Å². The van der Waals surface area contributed by atoms with E-state index in [9.17, 15) is 9.90 Å². The van der Waals surface area contributed by atoms with E-state index in [0.717, 1.165) is 5.69 Å². The number of hydrogen-bond donors (Lipinski definition) is 2. The molecule has 0 amide bonds. The number of aromatic nitrogens is 2. The van der Waals surface area contributed by atoms with Gasteiger partial charge in [-0.3, -0.25) is 9.36 Å². The number of halogens is 1. The number of nitrogens with zero attached hydrogens (tertiary/aromatic N) is 2. The molecule has 0 spiro atoms. The summed E-state index contributed by atoms with van der Waals surface area (Å²) in [6.45, 7) is 2.51. The average molecular weight is 323 g/mol. The van der Waals surface area contributed by atoms with Crippen LogP contribution in [0.2, 0.25) is 0 Å². The van der Waals surface area contributed by atoms with Gasteiger partial charge in [0.15, 0.2) is 0 Å². The van der Waals surface area contributed by atoms with Crippen LogP contribution in [0.25, 0.3) is 0 Å². The van der Waals surface area contributed by atoms with Crippen LogP contribution in [-0.4, -0.2) is 34.4 Å². The molecule has 0 aliphatic heterocycles. The largest absolute Gasteiger partial charge is 0.390 e. The Labute approximate surface area is 102 Å². The fraction of sp³-hybridized carbons (Fsp3) is 0.556. The molecule has 0 aliphatic carbocycles. The van der Waals surface area contributed by atoms with Crippen LogP contribution in [-0.2, 0) is 6.54 Å². The number of likely N-dealkylation sites (N-methyl/N-ethyl adjacent to an activating group) is 1. The molecular weight excluding hydrogens is 309 g/mol. The van der Waals surface area contributed by atoms with Crippen molar-refractivity contribution in [3.63, 3.8) is 0 Å². The van der Waals surface area contributed by atoms with Gasteiger partial charge in [0.1, 0.15) is 0 Å². The molecule has 6 heteroatoms. The second-order valence-electron chi connectivity index (χ2n) is 3.31. The molecule has 0 aliphatic rings. The van der Waals surface area contributed by atoms with E-state index in [2.05, 4.69) is 10.3 Å². The predicted octanol–water partition coefficient (Wildman–Crippen LogP) is -0.263. The van der Waals surface area contributed by atoms with Gasteiger partial charge in [0, 0.05) is 6.54 Å². The molecule has 1 unspecified atom stereocenters. The second-order valence-corrected chi connectivity index (χ2v) is 4.39. The van der Waals surface area contributed by atoms with Gasteiger partial charge >= 0.3 is 0 Å². The number of aryl methyl sites for hydroxylation is 1. The van der Waals surface area contributed by atoms with Crippen molar-refractivity contribution in [2.24, 2.45) is 0 Å². The molecule has 1 aromatic heterocycles. The summed E-state index contributed by atoms with van der Waals surface area (Å²) in [7, 11) is 1.75. The zero-order valence-electron chi connectivity index (χ0n) is 8.70. The molecular formula is C9H14IN3O2. The minimum Gasteiger partial charge on any atom is -0.390 e. The maximum atomic E-state index is 11.7. The first-order valence-electron chi connectivity index (χ1n) is 4.60. The SMILES string of the molecule is CNCC(O)Cn1cnc(C)c(I)c1=O. The molecule has 0 radical (unpaired) electrons. The Kier molecular flexibility index (Phi) is 4.68. The van der Waals surface area contributed by atoms with Gasteiger partial charge in [0.2, 0.25) is 0 Å². The lowest BCUT2D eigenvalue weighted by molar-refractivity contribution is 0.152. The van der Waals surface area contributed by atoms with E-state index >= 15 is 0 Å². The van der Waals surface area contributed by atoms with Crippen molar-refractivity contribution in [1.29, 1.82) is 0 Å². The first-order valence-corrected chi connectivity index (χ1v) is 5.68. The van der Waals surface area contributed by atoms with Crippen molar-refractivity contribution < 1.29 is 5.11 Å². The molecule has 1 heterocycles. The summed E-state index contributed by atoms with van der Waals surface area (Å²) in [5.74, 6) is 0. The van der Waals surface area contributed by atoms with Crippen LogP contribution in [0.15, 0.2) is 11.1 Å². The van der Waals surface area contributed by atoms with Gasteiger partial charge in [-0.25, -0.2) is 4.98 Å². The van der Waals surface area contributed by atoms with Gasteiger partial charge in [0.25, 0.3) is 5.56 Å². The monoisotopic (exact) mass is 323 g/mol. The number of aliphatic hydroxyl groups excluding tert-OH is 1. The Hall–Kier alpha value is -0.470. The van der Waals surface area contributed by atoms with Crippen molar-refractivity contribution in [3.8, 4) is 0 Å². The molecule has 0 saturated heterocycles. The van der Waals surface area contributed by atoms with Crippen molar-refractivity contribution in [3.05, 3.63) is 25.9 Å². The Balaban J connectivity index is 2.87. The minimum absolute atomic E-state index is 0.0988. The maximum Gasteiger partial charge on any atom is 0.267 e. The minimum atomic E-state index is -0.576. The summed E-state index contributed by atoms with van der Waals surface area (Å²) in [5.41, 5.74) is 0.623. The lowest BCUT2D eigenvalue weighted by Gasteiger charge is -2.12. The molecule has 2 N–H and O–H groups in total. The number of nitrogens with one attached hydrogen (secondary N) is 1. The van der Waals surface area contributed by atoms with Crippen LogP contribution in [0.1, 0.15) is 5.69 Å². The van der Waals surface area contributed by atoms with Gasteiger partial charge in [0.05, 0.1) is 28.2 Å². The van der Waals surface area contributed by atoms with Crippen LogP contribution < -0.4 is 10.9 Å². The Bertz CT molecular complexity index is 391. The number of hydrogen-bond acceptors (Lipinski definition) is 4. The predicted molar refractivity (Wildman–Crippen MR) is 65.9 cm³/mol. The Morgan fingerprint density at radius 1 is 1.73 bits per heavy atom. The normalized spacial score (nSPS) is 12.8. The summed E-state index contributed by atoms with van der Waals surface area (Å²) in [4.78, 5) is 15.8. The molecule has 0 aromatic carbocycles. The Morgan fingerprint density at radius 2 is 2.40 bits per heavy atom. The smallest absolute Gasteiger partial charge is 0.267 e. The lowest BCUT2D eigenvalue weighted by Crippen LogP contribution is -2.33. The van der Waals surface area contributed by atoms with Crippen LogP contribution in [0, 0.1) is 10.5 Å². The quantitative estimate of drug-likeness (QED) is 0.749. The van der Waals surface area contributed by atoms with Gasteiger partial charge < -0.3 is 10.4 Å². The molecule has 1 rings (SSSR count). The van der Waals surface area contributed by atoms with Gasteiger partial charge in [-0.2, -0.15) is 0 Å². The van der Waals surface area contributed by atoms with Crippen LogP contribution in [0.5, 0.6) is 0 Å². The van der Waals surface area contributed by atoms with Crippen LogP contribution in [0.4, 0.5) is 0 Å². The molecule has 0 fully saturated rings. The van der Waals surface area contributed by atoms with Crippen molar-refractivity contribution >= 4 is 22.6 Å². The fourth-order valence-corrected chi connectivity index (χ4v) is 1.65. The van der Waals surface area contributed by atoms with Crippen molar-refractivity contribution in [2.75, 3.05) is 13.6 Å². The molecule has 84 valence electrons. The lowest BCUT2D eigenvalue weighted by atomic mass is 10.3. The standard InChI is InChI=1S/C9H14IN3O2/c1-6-8(10)9(15)13(5-12-6)4-7(14)3-11-2/h5,7,11,14H,3-4H2,1-2H3. The van der Waals surface area contributed by atoms with E-state index in [1.54, 1.807) is 14.0 Å². The molecule has 1 aromatic rings. The highest BCUT2D eigenvalue weighted by atomic mass is 127. The van der Waals surface area contributed by atoms with Crippen LogP contribution >= 0.6 is 22.6 Å². The highest BCUT2D eigenvalue weighted by Crippen LogP contribution is 2.01. The molecule has 1 atom stereocenters. The van der Waals surface area contributed by atoms with Crippen molar-refractivity contribution in [2.45, 2.75) is 19.6 Å². The summed E-state index contributed by atoms with van der Waals surface area (Å²) in [6, 6.07) is 0. The van der Waals surface area contributed by atoms with E-state index in [1.807, 2.05) is 22.6 Å². The van der Waals surface area contributed by atoms with Gasteiger partial charge in [-0.1, -0.05) is 0 Å². The Morgan fingerprint density at radius 3 is 3.00 bits per heavy atom. The summed E-state index contributed by atoms with van der Waals surface area (Å²) < 4.78 is 2.03.